The second kappa shape index (κ2) is 10.9. The van der Waals surface area contributed by atoms with E-state index in [1.54, 1.807) is 4.90 Å². The molecule has 170 valence electrons. The summed E-state index contributed by atoms with van der Waals surface area (Å²) in [6, 6.07) is 0.0369. The third-order valence-corrected chi connectivity index (χ3v) is 7.44. The van der Waals surface area contributed by atoms with Crippen molar-refractivity contribution < 1.29 is 19.1 Å². The van der Waals surface area contributed by atoms with Gasteiger partial charge in [0, 0.05) is 27.4 Å². The molecule has 1 aromatic heterocycles. The van der Waals surface area contributed by atoms with Gasteiger partial charge in [-0.25, -0.2) is 14.6 Å². The number of imidazole rings is 1. The second-order valence-electron chi connectivity index (χ2n) is 9.29. The van der Waals surface area contributed by atoms with E-state index in [0.717, 1.165) is 35.0 Å². The minimum atomic E-state index is -1.14. The summed E-state index contributed by atoms with van der Waals surface area (Å²) in [5.41, 5.74) is 0. The van der Waals surface area contributed by atoms with E-state index in [1.807, 2.05) is 24.6 Å². The molecule has 0 radical (unpaired) electrons. The fourth-order valence-electron chi connectivity index (χ4n) is 3.43. The maximum atomic E-state index is 13.0. The van der Waals surface area contributed by atoms with Crippen molar-refractivity contribution in [1.82, 2.24) is 19.8 Å². The van der Waals surface area contributed by atoms with Crippen molar-refractivity contribution in [3.05, 3.63) is 15.7 Å². The van der Waals surface area contributed by atoms with E-state index in [1.165, 1.54) is 7.11 Å². The van der Waals surface area contributed by atoms with Gasteiger partial charge in [0.15, 0.2) is 0 Å². The lowest BCUT2D eigenvalue weighted by Crippen LogP contribution is -2.50. The number of urea groups is 1. The zero-order chi connectivity index (χ0) is 22.5. The summed E-state index contributed by atoms with van der Waals surface area (Å²) in [6.45, 7) is 12.5. The van der Waals surface area contributed by atoms with Crippen molar-refractivity contribution in [2.24, 2.45) is 5.92 Å². The largest absolute Gasteiger partial charge is 0.467 e. The monoisotopic (exact) mass is 550 g/mol. The van der Waals surface area contributed by atoms with Gasteiger partial charge in [0.25, 0.3) is 0 Å². The highest BCUT2D eigenvalue weighted by atomic mass is 127. The number of esters is 1. The van der Waals surface area contributed by atoms with E-state index in [0.29, 0.717) is 13.3 Å². The van der Waals surface area contributed by atoms with E-state index in [4.69, 9.17) is 9.47 Å². The smallest absolute Gasteiger partial charge is 0.328 e. The van der Waals surface area contributed by atoms with Crippen molar-refractivity contribution in [3.63, 3.8) is 0 Å². The van der Waals surface area contributed by atoms with Gasteiger partial charge in [-0.15, -0.1) is 0 Å². The van der Waals surface area contributed by atoms with Crippen LogP contribution in [0.1, 0.15) is 38.6 Å². The van der Waals surface area contributed by atoms with E-state index in [2.05, 4.69) is 52.5 Å². The first kappa shape index (κ1) is 25.1. The summed E-state index contributed by atoms with van der Waals surface area (Å²) in [5.74, 6) is 0.338. The van der Waals surface area contributed by atoms with Crippen molar-refractivity contribution in [2.45, 2.75) is 71.2 Å². The van der Waals surface area contributed by atoms with Crippen LogP contribution in [-0.2, 0) is 21.0 Å². The molecule has 0 aliphatic carbocycles. The van der Waals surface area contributed by atoms with Gasteiger partial charge in [-0.1, -0.05) is 33.5 Å². The van der Waals surface area contributed by atoms with Gasteiger partial charge in [0.2, 0.25) is 0 Å². The first-order valence-electron chi connectivity index (χ1n) is 10.5. The molecule has 1 aliphatic rings. The van der Waals surface area contributed by atoms with Gasteiger partial charge in [-0.3, -0.25) is 0 Å². The Hall–Kier alpha value is -1.14. The molecular formula is C20H35IN4O4Si. The molecule has 1 aliphatic heterocycles. The first-order valence-corrected chi connectivity index (χ1v) is 15.3. The molecule has 0 spiro atoms. The van der Waals surface area contributed by atoms with E-state index < -0.39 is 20.1 Å². The SMILES string of the molecule is COC(=O)[C@@H](NC(=O)N1CCC[C@H]1c1nc(I)cn1COCC[Si](C)(C)C)C(C)C. The van der Waals surface area contributed by atoms with Gasteiger partial charge in [-0.05, 0) is 47.4 Å². The fraction of sp³-hybridized carbons (Fsp3) is 0.750. The molecule has 1 saturated heterocycles. The van der Waals surface area contributed by atoms with Crippen LogP contribution < -0.4 is 5.32 Å². The Morgan fingerprint density at radius 1 is 1.37 bits per heavy atom. The molecule has 2 amide bonds. The lowest BCUT2D eigenvalue weighted by atomic mass is 10.1. The van der Waals surface area contributed by atoms with Crippen LogP contribution >= 0.6 is 22.6 Å². The standard InChI is InChI=1S/C20H35IN4O4Si/c1-14(2)17(19(26)28-3)23-20(27)25-9-7-8-15(25)18-22-16(21)12-24(18)13-29-10-11-30(4,5)6/h12,14-15,17H,7-11,13H2,1-6H3,(H,23,27)/t15-,17-/m0/s1. The predicted octanol–water partition coefficient (Wildman–Crippen LogP) is 3.84. The number of ether oxygens (including phenoxy) is 2. The number of carbonyl (C=O) groups excluding carboxylic acids is 2. The summed E-state index contributed by atoms with van der Waals surface area (Å²) in [7, 11) is 0.193. The van der Waals surface area contributed by atoms with Gasteiger partial charge < -0.3 is 24.3 Å². The van der Waals surface area contributed by atoms with E-state index in [-0.39, 0.29) is 18.0 Å². The number of amides is 2. The Bertz CT molecular complexity index is 735. The average molecular weight is 551 g/mol. The molecule has 1 fully saturated rings. The van der Waals surface area contributed by atoms with Crippen LogP contribution in [0.5, 0.6) is 0 Å². The molecule has 0 saturated carbocycles. The third-order valence-electron chi connectivity index (χ3n) is 5.22. The summed E-state index contributed by atoms with van der Waals surface area (Å²) >= 11 is 2.19. The molecule has 0 unspecified atom stereocenters. The van der Waals surface area contributed by atoms with E-state index in [9.17, 15) is 9.59 Å². The van der Waals surface area contributed by atoms with Gasteiger partial charge in [0.1, 0.15) is 22.3 Å². The predicted molar refractivity (Wildman–Crippen MR) is 127 cm³/mol. The molecule has 2 atom stereocenters. The quantitative estimate of drug-likeness (QED) is 0.219. The maximum absolute atomic E-state index is 13.0. The Labute approximate surface area is 194 Å². The molecule has 10 heteroatoms. The highest BCUT2D eigenvalue weighted by molar-refractivity contribution is 14.1. The van der Waals surface area contributed by atoms with Crippen molar-refractivity contribution in [1.29, 1.82) is 0 Å². The highest BCUT2D eigenvalue weighted by Crippen LogP contribution is 2.32. The number of rotatable bonds is 9. The zero-order valence-corrected chi connectivity index (χ0v) is 22.1. The summed E-state index contributed by atoms with van der Waals surface area (Å²) < 4.78 is 13.6. The molecule has 8 nitrogen and oxygen atoms in total. The maximum Gasteiger partial charge on any atom is 0.328 e. The molecular weight excluding hydrogens is 515 g/mol. The average Bonchev–Trinajstić information content (AvgIpc) is 3.27. The van der Waals surface area contributed by atoms with Gasteiger partial charge in [-0.2, -0.15) is 0 Å². The van der Waals surface area contributed by atoms with Crippen LogP contribution in [0.4, 0.5) is 4.79 Å². The number of carbonyl (C=O) groups is 2. The highest BCUT2D eigenvalue weighted by Gasteiger charge is 2.36. The summed E-state index contributed by atoms with van der Waals surface area (Å²) in [4.78, 5) is 31.5. The van der Waals surface area contributed by atoms with Crippen LogP contribution in [0.15, 0.2) is 6.20 Å². The van der Waals surface area contributed by atoms with Crippen LogP contribution in [-0.4, -0.2) is 60.8 Å². The van der Waals surface area contributed by atoms with Crippen LogP contribution in [0.2, 0.25) is 25.7 Å². The van der Waals surface area contributed by atoms with Crippen molar-refractivity contribution in [2.75, 3.05) is 20.3 Å². The third kappa shape index (κ3) is 6.94. The number of methoxy groups -OCH3 is 1. The van der Waals surface area contributed by atoms with Gasteiger partial charge in [0.05, 0.1) is 13.2 Å². The number of nitrogens with one attached hydrogen (secondary N) is 1. The Morgan fingerprint density at radius 2 is 2.07 bits per heavy atom. The molecule has 2 heterocycles. The van der Waals surface area contributed by atoms with Crippen LogP contribution in [0, 0.1) is 9.62 Å². The minimum absolute atomic E-state index is 0.0647. The Kier molecular flexibility index (Phi) is 9.16. The molecule has 1 N–H and O–H groups in total. The summed E-state index contributed by atoms with van der Waals surface area (Å²) in [5, 5.41) is 2.85. The Morgan fingerprint density at radius 3 is 2.67 bits per heavy atom. The van der Waals surface area contributed by atoms with Crippen LogP contribution in [0.3, 0.4) is 0 Å². The normalized spacial score (nSPS) is 18.0. The topological polar surface area (TPSA) is 85.7 Å². The lowest BCUT2D eigenvalue weighted by molar-refractivity contribution is -0.144. The molecule has 2 rings (SSSR count). The minimum Gasteiger partial charge on any atom is -0.467 e. The zero-order valence-electron chi connectivity index (χ0n) is 18.9. The fourth-order valence-corrected chi connectivity index (χ4v) is 4.77. The number of likely N-dealkylation sites (tertiary alicyclic amines) is 1. The number of aromatic nitrogens is 2. The molecule has 0 aromatic carbocycles. The summed E-state index contributed by atoms with van der Waals surface area (Å²) in [6.07, 6.45) is 3.69. The number of hydrogen-bond donors (Lipinski definition) is 1. The van der Waals surface area contributed by atoms with E-state index >= 15 is 0 Å². The second-order valence-corrected chi connectivity index (χ2v) is 16.0. The molecule has 0 bridgehead atoms. The molecule has 1 aromatic rings. The number of nitrogens with zero attached hydrogens (tertiary/aromatic N) is 3. The Balaban J connectivity index is 2.09. The number of halogens is 1. The van der Waals surface area contributed by atoms with Crippen molar-refractivity contribution in [3.8, 4) is 0 Å². The first-order chi connectivity index (χ1) is 14.0. The number of hydrogen-bond acceptors (Lipinski definition) is 5. The lowest BCUT2D eigenvalue weighted by Gasteiger charge is -2.28. The van der Waals surface area contributed by atoms with Gasteiger partial charge >= 0.3 is 12.0 Å². The van der Waals surface area contributed by atoms with Crippen molar-refractivity contribution >= 4 is 42.7 Å². The van der Waals surface area contributed by atoms with Crippen LogP contribution in [0.25, 0.3) is 0 Å². The molecule has 30 heavy (non-hydrogen) atoms.